The third kappa shape index (κ3) is 3.98. The van der Waals surface area contributed by atoms with Crippen LogP contribution >= 0.6 is 11.6 Å². The van der Waals surface area contributed by atoms with Crippen LogP contribution in [0.3, 0.4) is 0 Å². The van der Waals surface area contributed by atoms with Gasteiger partial charge in [0.25, 0.3) is 10.0 Å². The lowest BCUT2D eigenvalue weighted by atomic mass is 9.80. The Morgan fingerprint density at radius 2 is 1.68 bits per heavy atom. The van der Waals surface area contributed by atoms with Gasteiger partial charge in [0, 0.05) is 16.7 Å². The van der Waals surface area contributed by atoms with Crippen molar-refractivity contribution in [3.63, 3.8) is 0 Å². The highest BCUT2D eigenvalue weighted by Crippen LogP contribution is 2.37. The summed E-state index contributed by atoms with van der Waals surface area (Å²) in [7, 11) is -3.12. The summed E-state index contributed by atoms with van der Waals surface area (Å²) in [6.45, 7) is 7.75. The largest absolute Gasteiger partial charge is 0.496 e. The summed E-state index contributed by atoms with van der Waals surface area (Å²) in [4.78, 5) is 4.27. The first-order chi connectivity index (χ1) is 12.9. The molecule has 0 aliphatic carbocycles. The Balaban J connectivity index is 1.93. The smallest absolute Gasteiger partial charge is 0.480 e. The van der Waals surface area contributed by atoms with Crippen LogP contribution in [0.4, 0.5) is 5.69 Å². The van der Waals surface area contributed by atoms with E-state index in [1.165, 1.54) is 31.4 Å². The molecule has 1 aliphatic rings. The van der Waals surface area contributed by atoms with Gasteiger partial charge >= 0.3 is 7.12 Å². The number of nitrogens with one attached hydrogen (secondary N) is 1. The Kier molecular flexibility index (Phi) is 5.39. The first-order valence-electron chi connectivity index (χ1n) is 8.63. The molecule has 7 nitrogen and oxygen atoms in total. The standard InChI is InChI=1S/C18H22BClN2O5S/c1-17(2)18(3,4)27-19(26-17)12-10-15(16(25-5)21-11-12)22-28(23,24)14-8-6-13(20)7-9-14/h6-11,22H,1-5H3. The third-order valence-electron chi connectivity index (χ3n) is 4.96. The number of aromatic nitrogens is 1. The zero-order valence-electron chi connectivity index (χ0n) is 16.3. The van der Waals surface area contributed by atoms with Gasteiger partial charge < -0.3 is 14.0 Å². The maximum Gasteiger partial charge on any atom is 0.496 e. The van der Waals surface area contributed by atoms with Gasteiger partial charge in [-0.25, -0.2) is 13.4 Å². The molecule has 1 aromatic heterocycles. The van der Waals surface area contributed by atoms with Crippen molar-refractivity contribution in [2.45, 2.75) is 43.8 Å². The molecule has 0 saturated carbocycles. The number of methoxy groups -OCH3 is 1. The Morgan fingerprint density at radius 1 is 1.11 bits per heavy atom. The van der Waals surface area contributed by atoms with Crippen LogP contribution in [0.5, 0.6) is 5.88 Å². The molecule has 1 aromatic carbocycles. The van der Waals surface area contributed by atoms with Gasteiger partial charge in [0.05, 0.1) is 23.2 Å². The number of pyridine rings is 1. The SMILES string of the molecule is COc1ncc(B2OC(C)(C)C(C)(C)O2)cc1NS(=O)(=O)c1ccc(Cl)cc1. The molecule has 0 atom stereocenters. The average molecular weight is 425 g/mol. The summed E-state index contributed by atoms with van der Waals surface area (Å²) in [5.41, 5.74) is -0.292. The molecule has 2 aromatic rings. The van der Waals surface area contributed by atoms with Crippen LogP contribution in [0.15, 0.2) is 41.4 Å². The molecular weight excluding hydrogens is 403 g/mol. The van der Waals surface area contributed by atoms with Crippen molar-refractivity contribution in [3.05, 3.63) is 41.6 Å². The van der Waals surface area contributed by atoms with Crippen molar-refractivity contribution in [2.24, 2.45) is 0 Å². The number of benzene rings is 1. The molecule has 0 amide bonds. The van der Waals surface area contributed by atoms with Gasteiger partial charge in [0.2, 0.25) is 5.88 Å². The second-order valence-corrected chi connectivity index (χ2v) is 9.59. The molecule has 0 unspecified atom stereocenters. The average Bonchev–Trinajstić information content (AvgIpc) is 2.82. The summed E-state index contributed by atoms with van der Waals surface area (Å²) in [6, 6.07) is 7.45. The lowest BCUT2D eigenvalue weighted by molar-refractivity contribution is 0.00578. The topological polar surface area (TPSA) is 86.8 Å². The Labute approximate surface area is 170 Å². The molecule has 3 rings (SSSR count). The van der Waals surface area contributed by atoms with Crippen molar-refractivity contribution in [1.29, 1.82) is 0 Å². The Bertz CT molecular complexity index is 964. The quantitative estimate of drug-likeness (QED) is 0.743. The van der Waals surface area contributed by atoms with Crippen LogP contribution in [0.25, 0.3) is 0 Å². The summed E-state index contributed by atoms with van der Waals surface area (Å²) in [5.74, 6) is 0.137. The van der Waals surface area contributed by atoms with E-state index >= 15 is 0 Å². The molecule has 1 saturated heterocycles. The zero-order chi connectivity index (χ0) is 20.7. The van der Waals surface area contributed by atoms with Gasteiger partial charge in [-0.1, -0.05) is 11.6 Å². The summed E-state index contributed by atoms with van der Waals surface area (Å²) < 4.78 is 45.2. The number of ether oxygens (including phenoxy) is 1. The lowest BCUT2D eigenvalue weighted by Gasteiger charge is -2.32. The molecule has 2 heterocycles. The second kappa shape index (κ2) is 7.22. The van der Waals surface area contributed by atoms with E-state index in [-0.39, 0.29) is 16.5 Å². The maximum atomic E-state index is 12.7. The minimum absolute atomic E-state index is 0.0694. The molecule has 1 N–H and O–H groups in total. The normalized spacial score (nSPS) is 18.1. The summed E-state index contributed by atoms with van der Waals surface area (Å²) >= 11 is 5.84. The van der Waals surface area contributed by atoms with Gasteiger partial charge in [-0.05, 0) is 58.0 Å². The lowest BCUT2D eigenvalue weighted by Crippen LogP contribution is -2.41. The van der Waals surface area contributed by atoms with E-state index in [0.29, 0.717) is 10.5 Å². The third-order valence-corrected chi connectivity index (χ3v) is 6.59. The van der Waals surface area contributed by atoms with Crippen LogP contribution < -0.4 is 14.9 Å². The van der Waals surface area contributed by atoms with E-state index in [1.807, 2.05) is 27.7 Å². The van der Waals surface area contributed by atoms with Crippen molar-refractivity contribution in [1.82, 2.24) is 4.98 Å². The van der Waals surface area contributed by atoms with E-state index in [0.717, 1.165) is 0 Å². The molecule has 0 bridgehead atoms. The van der Waals surface area contributed by atoms with Crippen molar-refractivity contribution in [3.8, 4) is 5.88 Å². The monoisotopic (exact) mass is 424 g/mol. The number of hydrogen-bond acceptors (Lipinski definition) is 6. The predicted octanol–water partition coefficient (Wildman–Crippen LogP) is 2.84. The first-order valence-corrected chi connectivity index (χ1v) is 10.5. The summed E-state index contributed by atoms with van der Waals surface area (Å²) in [6.07, 6.45) is 1.54. The van der Waals surface area contributed by atoms with Crippen LogP contribution in [0, 0.1) is 0 Å². The van der Waals surface area contributed by atoms with E-state index in [1.54, 1.807) is 12.3 Å². The maximum absolute atomic E-state index is 12.7. The van der Waals surface area contributed by atoms with Gasteiger partial charge in [0.1, 0.15) is 5.69 Å². The van der Waals surface area contributed by atoms with E-state index in [4.69, 9.17) is 25.6 Å². The van der Waals surface area contributed by atoms with Gasteiger partial charge in [-0.3, -0.25) is 4.72 Å². The number of sulfonamides is 1. The fourth-order valence-corrected chi connectivity index (χ4v) is 3.80. The number of hydrogen-bond donors (Lipinski definition) is 1. The Hall–Kier alpha value is -1.81. The number of halogens is 1. The highest BCUT2D eigenvalue weighted by Gasteiger charge is 2.52. The summed E-state index contributed by atoms with van der Waals surface area (Å²) in [5, 5.41) is 0.445. The highest BCUT2D eigenvalue weighted by molar-refractivity contribution is 7.92. The number of anilines is 1. The number of nitrogens with zero attached hydrogens (tertiary/aromatic N) is 1. The van der Waals surface area contributed by atoms with Crippen molar-refractivity contribution in [2.75, 3.05) is 11.8 Å². The van der Waals surface area contributed by atoms with Crippen LogP contribution in [0.2, 0.25) is 5.02 Å². The molecule has 1 fully saturated rings. The molecule has 1 aliphatic heterocycles. The molecule has 10 heteroatoms. The fourth-order valence-electron chi connectivity index (χ4n) is 2.63. The van der Waals surface area contributed by atoms with Gasteiger partial charge in [0.15, 0.2) is 0 Å². The van der Waals surface area contributed by atoms with Crippen LogP contribution in [-0.2, 0) is 19.3 Å². The zero-order valence-corrected chi connectivity index (χ0v) is 17.9. The van der Waals surface area contributed by atoms with Crippen molar-refractivity contribution < 1.29 is 22.5 Å². The number of rotatable bonds is 5. The van der Waals surface area contributed by atoms with E-state index in [2.05, 4.69) is 9.71 Å². The highest BCUT2D eigenvalue weighted by atomic mass is 35.5. The second-order valence-electron chi connectivity index (χ2n) is 7.47. The minimum Gasteiger partial charge on any atom is -0.480 e. The minimum atomic E-state index is -3.86. The molecule has 0 spiro atoms. The molecule has 150 valence electrons. The Morgan fingerprint density at radius 3 is 2.21 bits per heavy atom. The van der Waals surface area contributed by atoms with E-state index in [9.17, 15) is 8.42 Å². The van der Waals surface area contributed by atoms with E-state index < -0.39 is 28.3 Å². The van der Waals surface area contributed by atoms with Crippen LogP contribution in [-0.4, -0.2) is 38.8 Å². The fraction of sp³-hybridized carbons (Fsp3) is 0.389. The van der Waals surface area contributed by atoms with Gasteiger partial charge in [-0.15, -0.1) is 0 Å². The molecule has 28 heavy (non-hydrogen) atoms. The molecular formula is C18H22BClN2O5S. The van der Waals surface area contributed by atoms with Crippen molar-refractivity contribution >= 4 is 39.9 Å². The molecule has 0 radical (unpaired) electrons. The predicted molar refractivity (Wildman–Crippen MR) is 109 cm³/mol. The first kappa shape index (κ1) is 20.9. The van der Waals surface area contributed by atoms with Gasteiger partial charge in [-0.2, -0.15) is 0 Å². The van der Waals surface area contributed by atoms with Crippen LogP contribution in [0.1, 0.15) is 27.7 Å².